The maximum absolute atomic E-state index is 14.8. The Morgan fingerprint density at radius 3 is 2.19 bits per heavy atom. The van der Waals surface area contributed by atoms with Crippen LogP contribution in [0.15, 0.2) is 109 Å². The van der Waals surface area contributed by atoms with Gasteiger partial charge in [-0.25, -0.2) is 8.78 Å². The third kappa shape index (κ3) is 15.1. The van der Waals surface area contributed by atoms with Gasteiger partial charge in [0.1, 0.15) is 18.1 Å². The molecule has 4 heterocycles. The zero-order chi connectivity index (χ0) is 57.8. The van der Waals surface area contributed by atoms with Crippen LogP contribution in [0.3, 0.4) is 0 Å². The third-order valence-corrected chi connectivity index (χ3v) is 15.8. The zero-order valence-electron chi connectivity index (χ0n) is 45.6. The lowest BCUT2D eigenvalue weighted by molar-refractivity contribution is -0.144. The van der Waals surface area contributed by atoms with Crippen LogP contribution in [0.25, 0.3) is 5.57 Å². The van der Waals surface area contributed by atoms with Gasteiger partial charge in [-0.3, -0.25) is 48.5 Å². The Morgan fingerprint density at radius 2 is 1.52 bits per heavy atom. The fraction of sp³-hybridized carbons (Fsp3) is 0.413. The minimum absolute atomic E-state index is 0.00470. The Bertz CT molecular complexity index is 3080. The molecule has 6 N–H and O–H groups in total. The number of imide groups is 1. The summed E-state index contributed by atoms with van der Waals surface area (Å²) >= 11 is 0. The summed E-state index contributed by atoms with van der Waals surface area (Å²) in [4.78, 5) is 124. The van der Waals surface area contributed by atoms with Crippen molar-refractivity contribution in [2.45, 2.75) is 165 Å². The molecule has 81 heavy (non-hydrogen) atoms. The molecule has 424 valence electrons. The molecular weight excluding hydrogens is 1040 g/mol. The van der Waals surface area contributed by atoms with E-state index in [1.165, 1.54) is 40.1 Å². The number of rotatable bonds is 21. The van der Waals surface area contributed by atoms with Crippen LogP contribution in [0, 0.1) is 11.8 Å². The van der Waals surface area contributed by atoms with Crippen molar-refractivity contribution in [1.29, 1.82) is 0 Å². The number of Topliss-reactive ketones (excluding diaryl/α,β-unsaturated/α-hetero) is 1. The van der Waals surface area contributed by atoms with Crippen molar-refractivity contribution in [1.82, 2.24) is 31.1 Å². The highest BCUT2D eigenvalue weighted by molar-refractivity contribution is 6.06. The van der Waals surface area contributed by atoms with Gasteiger partial charge < -0.3 is 31.5 Å². The normalized spacial score (nSPS) is 20.5. The molecule has 4 aliphatic rings. The van der Waals surface area contributed by atoms with Gasteiger partial charge in [-0.2, -0.15) is 0 Å². The average Bonchev–Trinajstić information content (AvgIpc) is 4.04. The van der Waals surface area contributed by atoms with E-state index in [0.717, 1.165) is 23.6 Å². The number of piperidine rings is 1. The van der Waals surface area contributed by atoms with E-state index in [1.807, 2.05) is 66.7 Å². The van der Waals surface area contributed by atoms with Crippen LogP contribution >= 0.6 is 0 Å². The predicted octanol–water partition coefficient (Wildman–Crippen LogP) is 7.02. The number of hydrogen-bond donors (Lipinski definition) is 5. The molecule has 4 aliphatic heterocycles. The van der Waals surface area contributed by atoms with Crippen molar-refractivity contribution < 1.29 is 51.9 Å². The molecule has 0 spiro atoms. The topological polar surface area (TPSA) is 234 Å². The van der Waals surface area contributed by atoms with Crippen LogP contribution in [-0.4, -0.2) is 99.1 Å². The lowest BCUT2D eigenvalue weighted by Crippen LogP contribution is -2.59. The quantitative estimate of drug-likeness (QED) is 0.0249. The maximum Gasteiger partial charge on any atom is 0.270 e. The fourth-order valence-corrected chi connectivity index (χ4v) is 11.5. The number of halogens is 2. The summed E-state index contributed by atoms with van der Waals surface area (Å²) in [5.41, 5.74) is 10.1. The number of primary amides is 1. The Balaban J connectivity index is 0.924. The van der Waals surface area contributed by atoms with Crippen LogP contribution in [0.4, 0.5) is 8.78 Å². The first-order chi connectivity index (χ1) is 38.8. The number of hydrogen-bond acceptors (Lipinski definition) is 9. The first-order valence-electron chi connectivity index (χ1n) is 27.9. The van der Waals surface area contributed by atoms with Crippen molar-refractivity contribution in [2.24, 2.45) is 5.73 Å². The van der Waals surface area contributed by atoms with Crippen molar-refractivity contribution in [3.8, 4) is 11.8 Å². The Morgan fingerprint density at radius 1 is 0.815 bits per heavy atom. The molecule has 3 fully saturated rings. The van der Waals surface area contributed by atoms with E-state index in [4.69, 9.17) is 5.73 Å². The Kier molecular flexibility index (Phi) is 19.4. The first kappa shape index (κ1) is 58.8. The molecule has 0 saturated carbocycles. The second-order valence-corrected chi connectivity index (χ2v) is 21.6. The monoisotopic (exact) mass is 1110 g/mol. The summed E-state index contributed by atoms with van der Waals surface area (Å²) in [5.74, 6) is -1.07. The van der Waals surface area contributed by atoms with Gasteiger partial charge in [-0.05, 0) is 105 Å². The largest absolute Gasteiger partial charge is 0.370 e. The van der Waals surface area contributed by atoms with E-state index >= 15 is 0 Å². The number of nitrogens with one attached hydrogen (secondary N) is 4. The van der Waals surface area contributed by atoms with E-state index in [0.29, 0.717) is 67.2 Å². The van der Waals surface area contributed by atoms with Crippen molar-refractivity contribution in [2.75, 3.05) is 0 Å². The SMILES string of the molecule is C/C(=C\C(=O)N[C@H]1CC[C@H](NC(=O)CCCCCC#Cc2cccc3c2CN(C2CCC(=O)NC2=O)C3=O)C[C@H]2CC[C@@H](C(=O)N[C@@H](CCC(N)=O)C(=O)CC(c3ccccc3)c3ccccc3)N2C1=O)c1ccc(C(C)(F)F)cc1. The van der Waals surface area contributed by atoms with Crippen LogP contribution in [0.1, 0.15) is 160 Å². The highest BCUT2D eigenvalue weighted by atomic mass is 19.3. The molecule has 16 nitrogen and oxygen atoms in total. The minimum atomic E-state index is -3.05. The third-order valence-electron chi connectivity index (χ3n) is 15.8. The van der Waals surface area contributed by atoms with E-state index in [1.54, 1.807) is 19.1 Å². The molecule has 3 saturated heterocycles. The van der Waals surface area contributed by atoms with Gasteiger partial charge >= 0.3 is 0 Å². The highest BCUT2D eigenvalue weighted by Crippen LogP contribution is 2.35. The predicted molar refractivity (Wildman–Crippen MR) is 298 cm³/mol. The summed E-state index contributed by atoms with van der Waals surface area (Å²) in [5, 5.41) is 11.2. The lowest BCUT2D eigenvalue weighted by atomic mass is 9.85. The summed E-state index contributed by atoms with van der Waals surface area (Å²) in [6, 6.07) is 24.8. The van der Waals surface area contributed by atoms with Gasteiger partial charge in [0, 0.05) is 86.3 Å². The Hall–Kier alpha value is -8.33. The summed E-state index contributed by atoms with van der Waals surface area (Å²) in [6.45, 7) is 2.66. The van der Waals surface area contributed by atoms with E-state index in [-0.39, 0.29) is 92.9 Å². The minimum Gasteiger partial charge on any atom is -0.370 e. The van der Waals surface area contributed by atoms with Gasteiger partial charge in [0.05, 0.1) is 6.04 Å². The summed E-state index contributed by atoms with van der Waals surface area (Å²) in [7, 11) is 0. The second kappa shape index (κ2) is 26.8. The second-order valence-electron chi connectivity index (χ2n) is 21.6. The molecule has 8 amide bonds. The molecular formula is C63H69F2N7O9. The highest BCUT2D eigenvalue weighted by Gasteiger charge is 2.46. The molecule has 18 heteroatoms. The molecule has 0 aromatic heterocycles. The van der Waals surface area contributed by atoms with E-state index in [2.05, 4.69) is 33.1 Å². The van der Waals surface area contributed by atoms with Crippen molar-refractivity contribution >= 4 is 58.6 Å². The van der Waals surface area contributed by atoms with Gasteiger partial charge in [-0.15, -0.1) is 0 Å². The number of nitrogens with two attached hydrogens (primary N) is 1. The number of carbonyl (C=O) groups excluding carboxylic acids is 9. The van der Waals surface area contributed by atoms with E-state index < -0.39 is 71.7 Å². The van der Waals surface area contributed by atoms with E-state index in [9.17, 15) is 51.9 Å². The summed E-state index contributed by atoms with van der Waals surface area (Å²) in [6.07, 6.45) is 5.51. The van der Waals surface area contributed by atoms with Crippen LogP contribution in [0.2, 0.25) is 0 Å². The molecule has 4 aromatic rings. The van der Waals surface area contributed by atoms with Gasteiger partial charge in [0.25, 0.3) is 11.8 Å². The standard InChI is InChI=1S/C63H69F2N7O9/c1-39(40-23-25-44(26-24-40)63(2,64)65)35-58(77)68-51-29-27-45(67-56(75)22-13-5-3-4-8-19-43-20-14-21-47-49(43)38-71(61(47)80)52-32-34-57(76)70-59(52)78)36-46-28-31-53(72(46)62(51)81)60(79)69-50(30-33-55(66)74)54(73)37-48(41-15-9-6-10-16-41)42-17-11-7-12-18-42/h6-7,9-12,14-18,20-21,23-26,35,45-46,48,50-53H,3-5,13,22,27-34,36-38H2,1-2H3,(H2,66,74)(H,67,75)(H,68,77)(H,69,79)(H,70,76,78)/b39-35+/t45-,46+,50-,51-,52?,53-/m0/s1. The zero-order valence-corrected chi connectivity index (χ0v) is 45.6. The lowest BCUT2D eigenvalue weighted by Gasteiger charge is -2.38. The van der Waals surface area contributed by atoms with Crippen LogP contribution in [0.5, 0.6) is 0 Å². The number of ketones is 1. The first-order valence-corrected chi connectivity index (χ1v) is 27.9. The smallest absolute Gasteiger partial charge is 0.270 e. The van der Waals surface area contributed by atoms with Crippen LogP contribution < -0.4 is 27.0 Å². The maximum atomic E-state index is 14.8. The van der Waals surface area contributed by atoms with Crippen LogP contribution in [-0.2, 0) is 50.8 Å². The van der Waals surface area contributed by atoms with Crippen molar-refractivity contribution in [3.05, 3.63) is 148 Å². The molecule has 1 unspecified atom stereocenters. The molecule has 4 aromatic carbocycles. The summed E-state index contributed by atoms with van der Waals surface area (Å²) < 4.78 is 28.0. The number of unbranched alkanes of at least 4 members (excludes halogenated alkanes) is 3. The molecule has 0 bridgehead atoms. The number of amides is 8. The number of fused-ring (bicyclic) bond motifs is 2. The number of carbonyl (C=O) groups is 9. The number of alkyl halides is 2. The van der Waals surface area contributed by atoms with Crippen molar-refractivity contribution in [3.63, 3.8) is 0 Å². The van der Waals surface area contributed by atoms with Gasteiger partial charge in [-0.1, -0.05) is 109 Å². The molecule has 0 radical (unpaired) electrons. The Labute approximate surface area is 470 Å². The average molecular weight is 1110 g/mol. The number of benzene rings is 4. The molecule has 6 atom stereocenters. The molecule has 8 rings (SSSR count). The van der Waals surface area contributed by atoms with Gasteiger partial charge in [0.15, 0.2) is 5.78 Å². The van der Waals surface area contributed by atoms with Gasteiger partial charge in [0.2, 0.25) is 41.4 Å². The molecule has 0 aliphatic carbocycles. The fourth-order valence-electron chi connectivity index (χ4n) is 11.5. The number of nitrogens with zero attached hydrogens (tertiary/aromatic N) is 2. The number of allylic oxidation sites excluding steroid dienone is 1.